The van der Waals surface area contributed by atoms with Gasteiger partial charge in [0.2, 0.25) is 0 Å². The molecule has 0 fully saturated rings. The van der Waals surface area contributed by atoms with Gasteiger partial charge in [0.15, 0.2) is 0 Å². The Hall–Kier alpha value is -3.40. The molecule has 0 atom stereocenters. The van der Waals surface area contributed by atoms with Crippen LogP contribution >= 0.6 is 28.3 Å². The molecule has 0 aliphatic rings. The van der Waals surface area contributed by atoms with E-state index in [1.807, 2.05) is 73.1 Å². The molecule has 0 aliphatic heterocycles. The summed E-state index contributed by atoms with van der Waals surface area (Å²) in [5, 5.41) is 4.31. The monoisotopic (exact) mass is 741 g/mol. The van der Waals surface area contributed by atoms with Crippen LogP contribution in [0.2, 0.25) is 0 Å². The van der Waals surface area contributed by atoms with Crippen LogP contribution in [-0.2, 0) is 12.8 Å². The van der Waals surface area contributed by atoms with E-state index in [4.69, 9.17) is 0 Å². The summed E-state index contributed by atoms with van der Waals surface area (Å²) in [5.74, 6) is 0. The molecule has 0 N–H and O–H groups in total. The van der Waals surface area contributed by atoms with E-state index < -0.39 is 7.92 Å². The first-order valence-electron chi connectivity index (χ1n) is 14.0. The van der Waals surface area contributed by atoms with Crippen molar-refractivity contribution in [2.75, 3.05) is 13.1 Å². The zero-order valence-corrected chi connectivity index (χ0v) is 28.0. The van der Waals surface area contributed by atoms with Crippen molar-refractivity contribution in [2.45, 2.75) is 0 Å². The second-order valence-corrected chi connectivity index (χ2v) is 11.6. The topological polar surface area (TPSA) is 24.7 Å². The van der Waals surface area contributed by atoms with Gasteiger partial charge in [-0.25, -0.2) is 0 Å². The van der Waals surface area contributed by atoms with Crippen LogP contribution in [0.5, 0.6) is 0 Å². The maximum Gasteiger partial charge on any atom is 0.102 e. The number of nitrogens with zero attached hydrogens (tertiary/aromatic N) is 2. The molecule has 5 aromatic carbocycles. The van der Waals surface area contributed by atoms with Crippen LogP contribution in [-0.4, -0.2) is 25.5 Å². The number of aliphatic imine (C=N–C) groups is 2. The number of hydrogen-bond donors (Lipinski definition) is 0. The average Bonchev–Trinajstić information content (AvgIpc) is 3.09. The van der Waals surface area contributed by atoms with Gasteiger partial charge in [-0.05, 0) is 59.7 Å². The molecule has 220 valence electrons. The number of allylic oxidation sites excluding steroid dienone is 2. The fourth-order valence-electron chi connectivity index (χ4n) is 4.14. The molecule has 0 aromatic heterocycles. The minimum Gasteiger partial charge on any atom is -0.0620 e. The van der Waals surface area contributed by atoms with E-state index in [0.717, 1.165) is 0 Å². The van der Waals surface area contributed by atoms with Crippen LogP contribution in [0.4, 0.5) is 0 Å². The smallest absolute Gasteiger partial charge is 0.0620 e. The Morgan fingerprint density at radius 1 is 0.442 bits per heavy atom. The van der Waals surface area contributed by atoms with E-state index in [9.17, 15) is 0 Å². The van der Waals surface area contributed by atoms with Crippen molar-refractivity contribution in [3.63, 3.8) is 0 Å². The van der Waals surface area contributed by atoms with Crippen LogP contribution in [0.25, 0.3) is 12.2 Å². The second kappa shape index (κ2) is 22.2. The minimum absolute atomic E-state index is 0.703. The summed E-state index contributed by atoms with van der Waals surface area (Å²) in [4.78, 5) is 8.59. The van der Waals surface area contributed by atoms with Gasteiger partial charge in [0.25, 0.3) is 0 Å². The van der Waals surface area contributed by atoms with Crippen LogP contribution in [0, 0.1) is 0 Å². The van der Waals surface area contributed by atoms with Crippen LogP contribution in [0.15, 0.2) is 174 Å². The Kier molecular flexibility index (Phi) is 17.6. The Balaban J connectivity index is 0.000000224. The largest absolute Gasteiger partial charge is 0.102 e. The van der Waals surface area contributed by atoms with E-state index >= 15 is 0 Å². The minimum atomic E-state index is -0.877. The first kappa shape index (κ1) is 34.1. The van der Waals surface area contributed by atoms with Crippen LogP contribution in [0.1, 0.15) is 11.1 Å². The van der Waals surface area contributed by atoms with Gasteiger partial charge in [-0.3, -0.25) is 9.98 Å². The van der Waals surface area contributed by atoms with Gasteiger partial charge in [-0.15, -0.1) is 0 Å². The standard InChI is InChI=1S/C20H20N2.C18H15P.Cu.HI/c1-3-9-19(10-4-1)13-7-15-21-17-18-22-16-8-14-20-11-5-2-6-12-20;1-4-10-16(11-5-1)19(17-12-6-2-7-13-17)18-14-8-3-9-15-18;;/h1-16H,17-18H2;1-15H;;1H/q;;+1;. The van der Waals surface area contributed by atoms with Crippen molar-refractivity contribution in [1.29, 1.82) is 0 Å². The maximum atomic E-state index is 4.29. The molecule has 5 aromatic rings. The van der Waals surface area contributed by atoms with Gasteiger partial charge < -0.3 is 0 Å². The molecule has 0 saturated carbocycles. The molecule has 0 saturated heterocycles. The Morgan fingerprint density at radius 3 is 1.02 bits per heavy atom. The van der Waals surface area contributed by atoms with E-state index in [1.165, 1.54) is 27.0 Å². The predicted octanol–water partition coefficient (Wildman–Crippen LogP) is 8.62. The molecule has 43 heavy (non-hydrogen) atoms. The first-order chi connectivity index (χ1) is 21.4. The zero-order chi connectivity index (χ0) is 30.2. The molecular formula is C38H36CuIN2P+. The molecule has 0 heterocycles. The number of rotatable bonds is 10. The van der Waals surface area contributed by atoms with E-state index in [2.05, 4.69) is 138 Å². The Morgan fingerprint density at radius 2 is 0.721 bits per heavy atom. The summed E-state index contributed by atoms with van der Waals surface area (Å²) in [6, 6.07) is 52.9. The van der Waals surface area contributed by atoms with E-state index in [-0.39, 0.29) is 0 Å². The zero-order valence-electron chi connectivity index (χ0n) is 23.9. The number of hydrogen-bond acceptors (Lipinski definition) is 2. The van der Waals surface area contributed by atoms with Crippen LogP contribution < -0.4 is 15.9 Å². The summed E-state index contributed by atoms with van der Waals surface area (Å²) in [6.07, 6.45) is 11.6. The molecule has 0 spiro atoms. The first-order valence-corrected chi connectivity index (χ1v) is 18.5. The number of benzene rings is 5. The van der Waals surface area contributed by atoms with Crippen molar-refractivity contribution in [3.8, 4) is 0 Å². The summed E-state index contributed by atoms with van der Waals surface area (Å²) in [5.41, 5.74) is 2.36. The third kappa shape index (κ3) is 13.6. The summed E-state index contributed by atoms with van der Waals surface area (Å²) in [7, 11) is -0.877. The molecular weight excluding hydrogens is 706 g/mol. The Bertz CT molecular complexity index is 1360. The second-order valence-electron chi connectivity index (χ2n) is 9.12. The van der Waals surface area contributed by atoms with Gasteiger partial charge >= 0.3 is 33.1 Å². The molecule has 5 heteroatoms. The summed E-state index contributed by atoms with van der Waals surface area (Å²) in [6.45, 7) is 1.41. The molecule has 0 amide bonds. The maximum absolute atomic E-state index is 4.29. The van der Waals surface area contributed by atoms with Gasteiger partial charge in [0, 0.05) is 12.4 Å². The van der Waals surface area contributed by atoms with E-state index in [1.54, 1.807) is 20.3 Å². The van der Waals surface area contributed by atoms with Gasteiger partial charge in [0.05, 0.1) is 21.0 Å². The van der Waals surface area contributed by atoms with Crippen molar-refractivity contribution < 1.29 is 12.8 Å². The number of halogens is 1. The Labute approximate surface area is 277 Å². The fourth-order valence-corrected chi connectivity index (χ4v) is 6.71. The summed E-state index contributed by atoms with van der Waals surface area (Å²) >= 11 is 5.87. The molecule has 5 rings (SSSR count). The normalized spacial score (nSPS) is 11.1. The van der Waals surface area contributed by atoms with Gasteiger partial charge in [-0.1, -0.05) is 127 Å². The third-order valence-electron chi connectivity index (χ3n) is 6.11. The van der Waals surface area contributed by atoms with Crippen molar-refractivity contribution >= 4 is 68.8 Å². The van der Waals surface area contributed by atoms with Crippen molar-refractivity contribution in [2.24, 2.45) is 9.98 Å². The fraction of sp³-hybridized carbons (Fsp3) is 0.0526. The SMILES string of the molecule is C(=Cc1ccccc1)C=NCCN=CC=Cc1ccccc1.[Cu][I].c1ccc([PH+](c2ccccc2)c2ccccc2)cc1. The van der Waals surface area contributed by atoms with Gasteiger partial charge in [-0.2, -0.15) is 0 Å². The van der Waals surface area contributed by atoms with Crippen LogP contribution in [0.3, 0.4) is 0 Å². The predicted molar refractivity (Wildman–Crippen MR) is 198 cm³/mol. The average molecular weight is 742 g/mol. The van der Waals surface area contributed by atoms with Gasteiger partial charge in [0.1, 0.15) is 15.9 Å². The molecule has 0 aliphatic carbocycles. The molecule has 0 radical (unpaired) electrons. The molecule has 0 bridgehead atoms. The molecule has 0 unspecified atom stereocenters. The van der Waals surface area contributed by atoms with E-state index in [0.29, 0.717) is 13.1 Å². The summed E-state index contributed by atoms with van der Waals surface area (Å²) < 4.78 is 0. The van der Waals surface area contributed by atoms with Crippen molar-refractivity contribution in [3.05, 3.63) is 175 Å². The molecule has 2 nitrogen and oxygen atoms in total. The third-order valence-corrected chi connectivity index (χ3v) is 8.84. The van der Waals surface area contributed by atoms with Crippen molar-refractivity contribution in [1.82, 2.24) is 0 Å². The quantitative estimate of drug-likeness (QED) is 0.0451.